The molecule has 8 heteroatoms. The van der Waals surface area contributed by atoms with Crippen LogP contribution in [0.1, 0.15) is 45.9 Å². The molecule has 38 heavy (non-hydrogen) atoms. The molecule has 0 fully saturated rings. The monoisotopic (exact) mass is 510 g/mol. The van der Waals surface area contributed by atoms with E-state index in [0.717, 1.165) is 28.1 Å². The van der Waals surface area contributed by atoms with Crippen LogP contribution in [0.25, 0.3) is 34.1 Å². The maximum absolute atomic E-state index is 12.7. The van der Waals surface area contributed by atoms with Gasteiger partial charge in [-0.15, -0.1) is 0 Å². The van der Waals surface area contributed by atoms with E-state index in [4.69, 9.17) is 15.5 Å². The molecule has 0 radical (unpaired) electrons. The number of fused-ring (bicyclic) bond motifs is 1. The maximum atomic E-state index is 12.7. The fourth-order valence-electron chi connectivity index (χ4n) is 4.03. The molecule has 1 amide bonds. The number of ether oxygens (including phenoxy) is 1. The lowest BCUT2D eigenvalue weighted by atomic mass is 10.1. The summed E-state index contributed by atoms with van der Waals surface area (Å²) < 4.78 is 7.16. The number of amides is 1. The molecular weight excluding hydrogens is 476 g/mol. The Morgan fingerprint density at radius 1 is 1.13 bits per heavy atom. The number of hydrogen-bond donors (Lipinski definition) is 1. The number of pyridine rings is 1. The van der Waals surface area contributed by atoms with Crippen molar-refractivity contribution in [1.29, 1.82) is 0 Å². The van der Waals surface area contributed by atoms with Crippen LogP contribution in [0.5, 0.6) is 0 Å². The maximum Gasteiger partial charge on any atom is 0.414 e. The summed E-state index contributed by atoms with van der Waals surface area (Å²) in [5.41, 5.74) is 11.6. The molecule has 0 saturated carbocycles. The number of aromatic nitrogens is 4. The summed E-state index contributed by atoms with van der Waals surface area (Å²) in [5.74, 6) is 0.446. The average Bonchev–Trinajstić information content (AvgIpc) is 3.30. The third kappa shape index (κ3) is 5.75. The fourth-order valence-corrected chi connectivity index (χ4v) is 4.03. The molecular formula is C30H34N6O2. The van der Waals surface area contributed by atoms with Gasteiger partial charge in [0.25, 0.3) is 0 Å². The number of hydrogen-bond acceptors (Lipinski definition) is 6. The first kappa shape index (κ1) is 26.6. The molecule has 4 aromatic rings. The van der Waals surface area contributed by atoms with Crippen LogP contribution in [0, 0.1) is 0 Å². The van der Waals surface area contributed by atoms with Crippen LogP contribution < -0.4 is 5.73 Å². The first-order valence-electron chi connectivity index (χ1n) is 12.6. The molecule has 0 spiro atoms. The predicted molar refractivity (Wildman–Crippen MR) is 152 cm³/mol. The van der Waals surface area contributed by atoms with E-state index in [9.17, 15) is 4.79 Å². The molecule has 196 valence electrons. The third-order valence-corrected chi connectivity index (χ3v) is 5.89. The van der Waals surface area contributed by atoms with Crippen molar-refractivity contribution in [3.05, 3.63) is 85.0 Å². The normalized spacial score (nSPS) is 11.8. The minimum atomic E-state index is -0.582. The Hall–Kier alpha value is -4.46. The van der Waals surface area contributed by atoms with Crippen molar-refractivity contribution in [3.63, 3.8) is 0 Å². The average molecular weight is 511 g/mol. The van der Waals surface area contributed by atoms with Crippen molar-refractivity contribution in [1.82, 2.24) is 24.5 Å². The summed E-state index contributed by atoms with van der Waals surface area (Å²) in [7, 11) is 0. The fraction of sp³-hybridized carbons (Fsp3) is 0.267. The van der Waals surface area contributed by atoms with Gasteiger partial charge in [-0.05, 0) is 40.7 Å². The van der Waals surface area contributed by atoms with Crippen molar-refractivity contribution in [2.24, 2.45) is 0 Å². The van der Waals surface area contributed by atoms with E-state index in [0.29, 0.717) is 23.4 Å². The molecule has 4 rings (SSSR count). The number of benzene rings is 1. The van der Waals surface area contributed by atoms with Crippen molar-refractivity contribution < 1.29 is 9.53 Å². The zero-order chi connectivity index (χ0) is 27.4. The first-order valence-corrected chi connectivity index (χ1v) is 12.6. The van der Waals surface area contributed by atoms with Gasteiger partial charge in [-0.25, -0.2) is 9.78 Å². The van der Waals surface area contributed by atoms with Crippen LogP contribution >= 0.6 is 0 Å². The van der Waals surface area contributed by atoms with E-state index in [1.54, 1.807) is 27.9 Å². The second-order valence-electron chi connectivity index (χ2n) is 10.2. The van der Waals surface area contributed by atoms with Crippen LogP contribution in [0.3, 0.4) is 0 Å². The highest BCUT2D eigenvalue weighted by Gasteiger charge is 2.22. The largest absolute Gasteiger partial charge is 0.443 e. The van der Waals surface area contributed by atoms with Gasteiger partial charge in [-0.3, -0.25) is 9.88 Å². The van der Waals surface area contributed by atoms with Gasteiger partial charge in [0.15, 0.2) is 5.65 Å². The van der Waals surface area contributed by atoms with Gasteiger partial charge in [0.05, 0.1) is 17.6 Å². The van der Waals surface area contributed by atoms with Crippen LogP contribution in [0.2, 0.25) is 0 Å². The molecule has 2 N–H and O–H groups in total. The molecule has 8 nitrogen and oxygen atoms in total. The lowest BCUT2D eigenvalue weighted by molar-refractivity contribution is 0.0291. The van der Waals surface area contributed by atoms with E-state index in [2.05, 4.69) is 16.7 Å². The van der Waals surface area contributed by atoms with E-state index in [1.165, 1.54) is 0 Å². The molecule has 0 saturated heterocycles. The van der Waals surface area contributed by atoms with Gasteiger partial charge in [0, 0.05) is 47.1 Å². The topological polar surface area (TPSA) is 98.6 Å². The van der Waals surface area contributed by atoms with Crippen molar-refractivity contribution in [2.45, 2.75) is 52.7 Å². The van der Waals surface area contributed by atoms with Crippen molar-refractivity contribution in [3.8, 4) is 22.4 Å². The van der Waals surface area contributed by atoms with Crippen molar-refractivity contribution >= 4 is 23.6 Å². The lowest BCUT2D eigenvalue weighted by Gasteiger charge is -2.27. The van der Waals surface area contributed by atoms with Gasteiger partial charge >= 0.3 is 6.09 Å². The highest BCUT2D eigenvalue weighted by molar-refractivity contribution is 5.80. The van der Waals surface area contributed by atoms with E-state index >= 15 is 0 Å². The Morgan fingerprint density at radius 3 is 2.47 bits per heavy atom. The Labute approximate surface area is 223 Å². The Balaban J connectivity index is 1.65. The minimum absolute atomic E-state index is 0.0757. The second-order valence-corrected chi connectivity index (χ2v) is 10.2. The molecule has 3 aromatic heterocycles. The second kappa shape index (κ2) is 10.9. The SMILES string of the molecule is C=Cc1c(C/C=C\N(C(=O)OC(C)(C)C)C(C)C)nc2c(-c3ccc(-c4ccccc4)nc3)cnn2c1N. The quantitative estimate of drug-likeness (QED) is 0.309. The van der Waals surface area contributed by atoms with Gasteiger partial charge in [0.2, 0.25) is 0 Å². The van der Waals surface area contributed by atoms with Gasteiger partial charge in [-0.1, -0.05) is 55.1 Å². The Kier molecular flexibility index (Phi) is 7.62. The third-order valence-electron chi connectivity index (χ3n) is 5.89. The molecule has 0 aliphatic carbocycles. The summed E-state index contributed by atoms with van der Waals surface area (Å²) in [5, 5.41) is 4.48. The van der Waals surface area contributed by atoms with E-state index in [1.807, 2.05) is 89.4 Å². The zero-order valence-electron chi connectivity index (χ0n) is 22.5. The standard InChI is InChI=1S/C30H34N6O2/c1-7-23-26(14-11-17-35(20(2)3)29(37)38-30(4,5)6)34-28-24(19-33-36(28)27(23)31)22-15-16-25(32-18-22)21-12-9-8-10-13-21/h7-13,15-20H,1,14,31H2,2-6H3/b17-11-. The first-order chi connectivity index (χ1) is 18.1. The number of nitrogen functional groups attached to an aromatic ring is 1. The number of carbonyl (C=O) groups is 1. The zero-order valence-corrected chi connectivity index (χ0v) is 22.5. The molecule has 0 aliphatic heterocycles. The molecule has 0 unspecified atom stereocenters. The van der Waals surface area contributed by atoms with Gasteiger partial charge in [-0.2, -0.15) is 9.61 Å². The lowest BCUT2D eigenvalue weighted by Crippen LogP contribution is -2.37. The molecule has 0 atom stereocenters. The molecule has 0 bridgehead atoms. The summed E-state index contributed by atoms with van der Waals surface area (Å²) >= 11 is 0. The molecule has 1 aromatic carbocycles. The molecule has 3 heterocycles. The minimum Gasteiger partial charge on any atom is -0.443 e. The highest BCUT2D eigenvalue weighted by Crippen LogP contribution is 2.29. The van der Waals surface area contributed by atoms with Crippen LogP contribution in [-0.2, 0) is 11.2 Å². The summed E-state index contributed by atoms with van der Waals surface area (Å²) in [6.45, 7) is 13.3. The predicted octanol–water partition coefficient (Wildman–Crippen LogP) is 6.39. The number of allylic oxidation sites excluding steroid dienone is 1. The highest BCUT2D eigenvalue weighted by atomic mass is 16.6. The number of carbonyl (C=O) groups excluding carboxylic acids is 1. The Morgan fingerprint density at radius 2 is 1.87 bits per heavy atom. The molecule has 0 aliphatic rings. The number of nitrogens with two attached hydrogens (primary N) is 1. The van der Waals surface area contributed by atoms with Crippen LogP contribution in [0.4, 0.5) is 10.6 Å². The number of anilines is 1. The van der Waals surface area contributed by atoms with Crippen LogP contribution in [-0.4, -0.2) is 42.2 Å². The van der Waals surface area contributed by atoms with Gasteiger partial charge in [0.1, 0.15) is 11.4 Å². The Bertz CT molecular complexity index is 1460. The smallest absolute Gasteiger partial charge is 0.414 e. The van der Waals surface area contributed by atoms with E-state index in [-0.39, 0.29) is 6.04 Å². The summed E-state index contributed by atoms with van der Waals surface area (Å²) in [4.78, 5) is 23.8. The number of rotatable bonds is 7. The van der Waals surface area contributed by atoms with Crippen molar-refractivity contribution in [2.75, 3.05) is 5.73 Å². The number of nitrogens with zero attached hydrogens (tertiary/aromatic N) is 5. The summed E-state index contributed by atoms with van der Waals surface area (Å²) in [6.07, 6.45) is 8.88. The van der Waals surface area contributed by atoms with Crippen LogP contribution in [0.15, 0.2) is 73.7 Å². The van der Waals surface area contributed by atoms with Gasteiger partial charge < -0.3 is 10.5 Å². The van der Waals surface area contributed by atoms with E-state index < -0.39 is 11.7 Å². The summed E-state index contributed by atoms with van der Waals surface area (Å²) in [6, 6.07) is 13.9.